The molecule has 0 radical (unpaired) electrons. The summed E-state index contributed by atoms with van der Waals surface area (Å²) in [7, 11) is 2.18. The lowest BCUT2D eigenvalue weighted by molar-refractivity contribution is -0.121. The van der Waals surface area contributed by atoms with Crippen molar-refractivity contribution in [3.05, 3.63) is 0 Å². The standard InChI is InChI=1S/C11H19NO/c1-12(8-9-5-6-9)10-3-2-4-11(13)7-10/h9-10H,2-8H2,1H3. The normalized spacial score (nSPS) is 29.7. The summed E-state index contributed by atoms with van der Waals surface area (Å²) in [5.74, 6) is 1.42. The van der Waals surface area contributed by atoms with Crippen LogP contribution in [-0.4, -0.2) is 30.3 Å². The maximum Gasteiger partial charge on any atom is 0.134 e. The Hall–Kier alpha value is -0.370. The summed E-state index contributed by atoms with van der Waals surface area (Å²) in [5, 5.41) is 0. The molecule has 1 atom stereocenters. The van der Waals surface area contributed by atoms with E-state index in [9.17, 15) is 4.79 Å². The van der Waals surface area contributed by atoms with E-state index in [1.165, 1.54) is 25.8 Å². The second-order valence-corrected chi connectivity index (χ2v) is 4.67. The Morgan fingerprint density at radius 2 is 2.15 bits per heavy atom. The number of carbonyl (C=O) groups is 1. The lowest BCUT2D eigenvalue weighted by atomic mass is 9.93. The lowest BCUT2D eigenvalue weighted by Gasteiger charge is -2.30. The fourth-order valence-corrected chi connectivity index (χ4v) is 2.23. The molecule has 2 heteroatoms. The molecule has 0 amide bonds. The number of hydrogen-bond donors (Lipinski definition) is 0. The lowest BCUT2D eigenvalue weighted by Crippen LogP contribution is -2.37. The van der Waals surface area contributed by atoms with Crippen molar-refractivity contribution in [2.45, 2.75) is 44.6 Å². The number of rotatable bonds is 3. The van der Waals surface area contributed by atoms with Gasteiger partial charge in [-0.3, -0.25) is 4.79 Å². The molecule has 2 aliphatic rings. The van der Waals surface area contributed by atoms with E-state index in [1.807, 2.05) is 0 Å². The second kappa shape index (κ2) is 3.79. The van der Waals surface area contributed by atoms with Gasteiger partial charge in [0.1, 0.15) is 5.78 Å². The van der Waals surface area contributed by atoms with Crippen LogP contribution >= 0.6 is 0 Å². The fourth-order valence-electron chi connectivity index (χ4n) is 2.23. The molecule has 0 spiro atoms. The highest BCUT2D eigenvalue weighted by atomic mass is 16.1. The number of nitrogens with zero attached hydrogens (tertiary/aromatic N) is 1. The highest BCUT2D eigenvalue weighted by Crippen LogP contribution is 2.31. The van der Waals surface area contributed by atoms with Crippen LogP contribution in [0.1, 0.15) is 38.5 Å². The average Bonchev–Trinajstić information content (AvgIpc) is 2.88. The van der Waals surface area contributed by atoms with Gasteiger partial charge in [-0.05, 0) is 38.6 Å². The molecule has 0 aliphatic heterocycles. The van der Waals surface area contributed by atoms with Gasteiger partial charge >= 0.3 is 0 Å². The number of carbonyl (C=O) groups excluding carboxylic acids is 1. The van der Waals surface area contributed by atoms with Crippen LogP contribution in [0, 0.1) is 5.92 Å². The first kappa shape index (κ1) is 9.20. The molecule has 0 N–H and O–H groups in total. The molecular weight excluding hydrogens is 162 g/mol. The van der Waals surface area contributed by atoms with Crippen molar-refractivity contribution in [1.29, 1.82) is 0 Å². The first-order chi connectivity index (χ1) is 6.25. The summed E-state index contributed by atoms with van der Waals surface area (Å²) in [5.41, 5.74) is 0. The molecule has 1 unspecified atom stereocenters. The molecule has 74 valence electrons. The minimum absolute atomic E-state index is 0.471. The van der Waals surface area contributed by atoms with E-state index in [-0.39, 0.29) is 0 Å². The second-order valence-electron chi connectivity index (χ2n) is 4.67. The highest BCUT2D eigenvalue weighted by molar-refractivity contribution is 5.79. The van der Waals surface area contributed by atoms with Gasteiger partial charge in [-0.25, -0.2) is 0 Å². The Balaban J connectivity index is 1.79. The molecule has 0 aromatic heterocycles. The summed E-state index contributed by atoms with van der Waals surface area (Å²) < 4.78 is 0. The van der Waals surface area contributed by atoms with Gasteiger partial charge < -0.3 is 4.90 Å². The van der Waals surface area contributed by atoms with Gasteiger partial charge in [-0.15, -0.1) is 0 Å². The van der Waals surface area contributed by atoms with Crippen molar-refractivity contribution in [2.75, 3.05) is 13.6 Å². The maximum atomic E-state index is 11.3. The van der Waals surface area contributed by atoms with Crippen molar-refractivity contribution in [3.8, 4) is 0 Å². The quantitative estimate of drug-likeness (QED) is 0.662. The third-order valence-corrected chi connectivity index (χ3v) is 3.32. The van der Waals surface area contributed by atoms with Gasteiger partial charge in [-0.1, -0.05) is 0 Å². The predicted octanol–water partition coefficient (Wildman–Crippen LogP) is 1.84. The van der Waals surface area contributed by atoms with Crippen molar-refractivity contribution >= 4 is 5.78 Å². The van der Waals surface area contributed by atoms with E-state index < -0.39 is 0 Å². The molecule has 2 nitrogen and oxygen atoms in total. The molecular formula is C11H19NO. The molecule has 0 heterocycles. The SMILES string of the molecule is CN(CC1CC1)C1CCCC(=O)C1. The first-order valence-corrected chi connectivity index (χ1v) is 5.47. The van der Waals surface area contributed by atoms with E-state index in [4.69, 9.17) is 0 Å². The van der Waals surface area contributed by atoms with Gasteiger partial charge in [0.2, 0.25) is 0 Å². The van der Waals surface area contributed by atoms with Crippen molar-refractivity contribution in [1.82, 2.24) is 4.90 Å². The van der Waals surface area contributed by atoms with E-state index in [0.29, 0.717) is 11.8 Å². The Bertz CT molecular complexity index is 198. The van der Waals surface area contributed by atoms with E-state index >= 15 is 0 Å². The van der Waals surface area contributed by atoms with E-state index in [0.717, 1.165) is 25.2 Å². The van der Waals surface area contributed by atoms with Crippen molar-refractivity contribution in [3.63, 3.8) is 0 Å². The summed E-state index contributed by atoms with van der Waals surface area (Å²) in [6.07, 6.45) is 6.79. The Morgan fingerprint density at radius 3 is 2.77 bits per heavy atom. The van der Waals surface area contributed by atoms with Gasteiger partial charge in [0.25, 0.3) is 0 Å². The van der Waals surface area contributed by atoms with Crippen LogP contribution in [0.15, 0.2) is 0 Å². The number of hydrogen-bond acceptors (Lipinski definition) is 2. The topological polar surface area (TPSA) is 20.3 Å². The summed E-state index contributed by atoms with van der Waals surface area (Å²) in [6, 6.07) is 0.557. The minimum Gasteiger partial charge on any atom is -0.303 e. The van der Waals surface area contributed by atoms with Crippen LogP contribution in [0.3, 0.4) is 0 Å². The summed E-state index contributed by atoms with van der Waals surface area (Å²) >= 11 is 0. The zero-order valence-electron chi connectivity index (χ0n) is 8.46. The summed E-state index contributed by atoms with van der Waals surface area (Å²) in [4.78, 5) is 13.7. The first-order valence-electron chi connectivity index (χ1n) is 5.47. The van der Waals surface area contributed by atoms with E-state index in [1.54, 1.807) is 0 Å². The molecule has 0 saturated heterocycles. The average molecular weight is 181 g/mol. The van der Waals surface area contributed by atoms with Gasteiger partial charge in [0.05, 0.1) is 0 Å². The molecule has 2 rings (SSSR count). The largest absolute Gasteiger partial charge is 0.303 e. The van der Waals surface area contributed by atoms with Crippen molar-refractivity contribution < 1.29 is 4.79 Å². The minimum atomic E-state index is 0.471. The fraction of sp³-hybridized carbons (Fsp3) is 0.909. The van der Waals surface area contributed by atoms with Crippen LogP contribution < -0.4 is 0 Å². The van der Waals surface area contributed by atoms with Crippen molar-refractivity contribution in [2.24, 2.45) is 5.92 Å². The number of ketones is 1. The van der Waals surface area contributed by atoms with Gasteiger partial charge in [0, 0.05) is 25.4 Å². The van der Waals surface area contributed by atoms with Crippen LogP contribution in [0.25, 0.3) is 0 Å². The maximum absolute atomic E-state index is 11.3. The smallest absolute Gasteiger partial charge is 0.134 e. The van der Waals surface area contributed by atoms with Crippen LogP contribution in [0.5, 0.6) is 0 Å². The molecule has 0 bridgehead atoms. The van der Waals surface area contributed by atoms with Crippen LogP contribution in [0.2, 0.25) is 0 Å². The molecule has 2 aliphatic carbocycles. The zero-order valence-corrected chi connectivity index (χ0v) is 8.46. The van der Waals surface area contributed by atoms with E-state index in [2.05, 4.69) is 11.9 Å². The molecule has 13 heavy (non-hydrogen) atoms. The zero-order chi connectivity index (χ0) is 9.26. The molecule has 0 aromatic carbocycles. The number of Topliss-reactive ketones (excluding diaryl/α,β-unsaturated/α-hetero) is 1. The molecule has 2 saturated carbocycles. The Labute approximate surface area is 80.3 Å². The third kappa shape index (κ3) is 2.53. The van der Waals surface area contributed by atoms with Crippen LogP contribution in [-0.2, 0) is 4.79 Å². The van der Waals surface area contributed by atoms with Gasteiger partial charge in [0.15, 0.2) is 0 Å². The van der Waals surface area contributed by atoms with Crippen LogP contribution in [0.4, 0.5) is 0 Å². The predicted molar refractivity (Wildman–Crippen MR) is 52.6 cm³/mol. The molecule has 0 aromatic rings. The monoisotopic (exact) mass is 181 g/mol. The van der Waals surface area contributed by atoms with Gasteiger partial charge in [-0.2, -0.15) is 0 Å². The Kier molecular flexibility index (Phi) is 2.68. The highest BCUT2D eigenvalue weighted by Gasteiger charge is 2.28. The molecule has 2 fully saturated rings. The summed E-state index contributed by atoms with van der Waals surface area (Å²) in [6.45, 7) is 1.22. The Morgan fingerprint density at radius 1 is 1.38 bits per heavy atom. The third-order valence-electron chi connectivity index (χ3n) is 3.32.